The number of carbonyl (C=O) groups excluding carboxylic acids is 1. The molecule has 4 aromatic rings. The SMILES string of the molecule is Cc1nn(Cc2ccccc2)c2sc(C(=O)N(Cc3ccccn3)C3CC3)cc12. The minimum atomic E-state index is 0.102. The lowest BCUT2D eigenvalue weighted by Gasteiger charge is -2.21. The third-order valence-electron chi connectivity index (χ3n) is 5.30. The zero-order valence-corrected chi connectivity index (χ0v) is 17.1. The summed E-state index contributed by atoms with van der Waals surface area (Å²) in [5, 5.41) is 5.77. The summed E-state index contributed by atoms with van der Waals surface area (Å²) < 4.78 is 2.02. The molecule has 1 aromatic carbocycles. The maximum Gasteiger partial charge on any atom is 0.264 e. The number of rotatable bonds is 6. The molecule has 0 bridgehead atoms. The lowest BCUT2D eigenvalue weighted by atomic mass is 10.2. The van der Waals surface area contributed by atoms with Crippen LogP contribution >= 0.6 is 11.3 Å². The van der Waals surface area contributed by atoms with Gasteiger partial charge in [0.1, 0.15) is 4.83 Å². The van der Waals surface area contributed by atoms with E-state index in [9.17, 15) is 4.79 Å². The van der Waals surface area contributed by atoms with Gasteiger partial charge >= 0.3 is 0 Å². The van der Waals surface area contributed by atoms with Gasteiger partial charge in [-0.25, -0.2) is 0 Å². The summed E-state index contributed by atoms with van der Waals surface area (Å²) >= 11 is 1.55. The summed E-state index contributed by atoms with van der Waals surface area (Å²) in [4.78, 5) is 21.6. The molecule has 0 atom stereocenters. The van der Waals surface area contributed by atoms with E-state index in [0.717, 1.165) is 39.3 Å². The van der Waals surface area contributed by atoms with Crippen LogP contribution in [-0.2, 0) is 13.1 Å². The number of nitrogens with zero attached hydrogens (tertiary/aromatic N) is 4. The number of aromatic nitrogens is 3. The minimum Gasteiger partial charge on any atom is -0.329 e. The topological polar surface area (TPSA) is 51.0 Å². The first-order valence-corrected chi connectivity index (χ1v) is 10.7. The van der Waals surface area contributed by atoms with Crippen molar-refractivity contribution in [3.63, 3.8) is 0 Å². The van der Waals surface area contributed by atoms with E-state index >= 15 is 0 Å². The Balaban J connectivity index is 1.45. The molecule has 0 unspecified atom stereocenters. The molecule has 0 spiro atoms. The van der Waals surface area contributed by atoms with Gasteiger partial charge in [-0.3, -0.25) is 14.5 Å². The average Bonchev–Trinajstić information content (AvgIpc) is 3.42. The van der Waals surface area contributed by atoms with Crippen LogP contribution in [0.1, 0.15) is 39.5 Å². The second-order valence-electron chi connectivity index (χ2n) is 7.54. The molecule has 1 saturated carbocycles. The summed E-state index contributed by atoms with van der Waals surface area (Å²) in [6, 6.07) is 18.5. The number of benzene rings is 1. The van der Waals surface area contributed by atoms with Gasteiger partial charge < -0.3 is 4.90 Å². The van der Waals surface area contributed by atoms with Crippen LogP contribution < -0.4 is 0 Å². The first kappa shape index (κ1) is 18.1. The summed E-state index contributed by atoms with van der Waals surface area (Å²) in [6.07, 6.45) is 3.93. The maximum absolute atomic E-state index is 13.4. The molecule has 5 rings (SSSR count). The van der Waals surface area contributed by atoms with Gasteiger partial charge in [0.2, 0.25) is 0 Å². The molecule has 3 heterocycles. The monoisotopic (exact) mass is 402 g/mol. The van der Waals surface area contributed by atoms with Gasteiger partial charge in [-0.15, -0.1) is 11.3 Å². The van der Waals surface area contributed by atoms with Crippen molar-refractivity contribution in [1.29, 1.82) is 0 Å². The van der Waals surface area contributed by atoms with E-state index in [0.29, 0.717) is 19.1 Å². The highest BCUT2D eigenvalue weighted by molar-refractivity contribution is 7.20. The Morgan fingerprint density at radius 3 is 2.69 bits per heavy atom. The highest BCUT2D eigenvalue weighted by Crippen LogP contribution is 2.34. The number of pyridine rings is 1. The first-order chi connectivity index (χ1) is 14.2. The van der Waals surface area contributed by atoms with E-state index in [1.807, 2.05) is 59.0 Å². The van der Waals surface area contributed by atoms with E-state index in [4.69, 9.17) is 5.10 Å². The van der Waals surface area contributed by atoms with E-state index in [-0.39, 0.29) is 5.91 Å². The van der Waals surface area contributed by atoms with Gasteiger partial charge in [0.25, 0.3) is 5.91 Å². The smallest absolute Gasteiger partial charge is 0.264 e. The predicted molar refractivity (Wildman–Crippen MR) is 115 cm³/mol. The zero-order chi connectivity index (χ0) is 19.8. The predicted octanol–water partition coefficient (Wildman–Crippen LogP) is 4.65. The molecule has 146 valence electrons. The Morgan fingerprint density at radius 1 is 1.17 bits per heavy atom. The van der Waals surface area contributed by atoms with Gasteiger partial charge in [0.15, 0.2) is 0 Å². The van der Waals surface area contributed by atoms with Gasteiger partial charge in [0.05, 0.1) is 29.4 Å². The fraction of sp³-hybridized carbons (Fsp3) is 0.261. The molecule has 0 radical (unpaired) electrons. The van der Waals surface area contributed by atoms with Crippen molar-refractivity contribution in [2.45, 2.75) is 38.9 Å². The lowest BCUT2D eigenvalue weighted by Crippen LogP contribution is -2.32. The van der Waals surface area contributed by atoms with Crippen molar-refractivity contribution >= 4 is 27.5 Å². The second-order valence-corrected chi connectivity index (χ2v) is 8.57. The lowest BCUT2D eigenvalue weighted by molar-refractivity contribution is 0.0733. The van der Waals surface area contributed by atoms with Crippen molar-refractivity contribution in [1.82, 2.24) is 19.7 Å². The number of hydrogen-bond acceptors (Lipinski definition) is 4. The summed E-state index contributed by atoms with van der Waals surface area (Å²) in [6.45, 7) is 3.28. The van der Waals surface area contributed by atoms with Gasteiger partial charge in [-0.2, -0.15) is 5.10 Å². The van der Waals surface area contributed by atoms with Crippen LogP contribution in [0.5, 0.6) is 0 Å². The van der Waals surface area contributed by atoms with Crippen LogP contribution in [-0.4, -0.2) is 31.6 Å². The normalized spacial score (nSPS) is 13.7. The minimum absolute atomic E-state index is 0.102. The molecule has 6 heteroatoms. The van der Waals surface area contributed by atoms with E-state index < -0.39 is 0 Å². The van der Waals surface area contributed by atoms with Crippen LogP contribution in [0.25, 0.3) is 10.2 Å². The van der Waals surface area contributed by atoms with E-state index in [2.05, 4.69) is 17.1 Å². The molecular weight excluding hydrogens is 380 g/mol. The molecule has 3 aromatic heterocycles. The van der Waals surface area contributed by atoms with Crippen molar-refractivity contribution in [2.24, 2.45) is 0 Å². The molecule has 0 aliphatic heterocycles. The Hall–Kier alpha value is -2.99. The van der Waals surface area contributed by atoms with Crippen LogP contribution in [0.4, 0.5) is 0 Å². The maximum atomic E-state index is 13.4. The zero-order valence-electron chi connectivity index (χ0n) is 16.3. The van der Waals surface area contributed by atoms with E-state index in [1.165, 1.54) is 5.56 Å². The number of amides is 1. The Kier molecular flexibility index (Phi) is 4.64. The molecule has 29 heavy (non-hydrogen) atoms. The van der Waals surface area contributed by atoms with Crippen LogP contribution in [0.3, 0.4) is 0 Å². The van der Waals surface area contributed by atoms with Gasteiger partial charge in [0, 0.05) is 17.6 Å². The fourth-order valence-electron chi connectivity index (χ4n) is 3.64. The van der Waals surface area contributed by atoms with Crippen molar-refractivity contribution in [2.75, 3.05) is 0 Å². The number of fused-ring (bicyclic) bond motifs is 1. The molecule has 1 fully saturated rings. The highest BCUT2D eigenvalue weighted by atomic mass is 32.1. The third-order valence-corrected chi connectivity index (χ3v) is 6.44. The molecule has 1 aliphatic rings. The average molecular weight is 403 g/mol. The molecule has 5 nitrogen and oxygen atoms in total. The standard InChI is InChI=1S/C23H22N4OS/c1-16-20-13-21(29-23(20)27(25-16)14-17-7-3-2-4-8-17)22(28)26(19-10-11-19)15-18-9-5-6-12-24-18/h2-9,12-13,19H,10-11,14-15H2,1H3. The molecule has 1 aliphatic carbocycles. The summed E-state index contributed by atoms with van der Waals surface area (Å²) in [5.41, 5.74) is 3.10. The van der Waals surface area contributed by atoms with E-state index in [1.54, 1.807) is 17.5 Å². The summed E-state index contributed by atoms with van der Waals surface area (Å²) in [5.74, 6) is 0.102. The number of thiophene rings is 1. The number of aryl methyl sites for hydroxylation is 1. The second kappa shape index (κ2) is 7.44. The van der Waals surface area contributed by atoms with Crippen LogP contribution in [0, 0.1) is 6.92 Å². The quantitative estimate of drug-likeness (QED) is 0.472. The number of carbonyl (C=O) groups is 1. The van der Waals surface area contributed by atoms with Crippen molar-refractivity contribution < 1.29 is 4.79 Å². The Bertz CT molecular complexity index is 1150. The largest absolute Gasteiger partial charge is 0.329 e. The number of hydrogen-bond donors (Lipinski definition) is 0. The molecular formula is C23H22N4OS. The fourth-order valence-corrected chi connectivity index (χ4v) is 4.76. The first-order valence-electron chi connectivity index (χ1n) is 9.91. The molecule has 0 saturated heterocycles. The molecule has 0 N–H and O–H groups in total. The van der Waals surface area contributed by atoms with Crippen LogP contribution in [0.15, 0.2) is 60.8 Å². The summed E-state index contributed by atoms with van der Waals surface area (Å²) in [7, 11) is 0. The van der Waals surface area contributed by atoms with Crippen LogP contribution in [0.2, 0.25) is 0 Å². The molecule has 1 amide bonds. The van der Waals surface area contributed by atoms with Crippen molar-refractivity contribution in [3.05, 3.63) is 82.6 Å². The highest BCUT2D eigenvalue weighted by Gasteiger charge is 2.34. The Labute approximate surface area is 173 Å². The van der Waals surface area contributed by atoms with Crippen molar-refractivity contribution in [3.8, 4) is 0 Å². The third kappa shape index (κ3) is 3.68. The Morgan fingerprint density at radius 2 is 1.97 bits per heavy atom. The van der Waals surface area contributed by atoms with Gasteiger partial charge in [-0.1, -0.05) is 36.4 Å². The van der Waals surface area contributed by atoms with Gasteiger partial charge in [-0.05, 0) is 43.5 Å².